The van der Waals surface area contributed by atoms with Gasteiger partial charge >= 0.3 is 0 Å². The van der Waals surface area contributed by atoms with Gasteiger partial charge in [-0.3, -0.25) is 0 Å². The number of ether oxygens (including phenoxy) is 1. The van der Waals surface area contributed by atoms with Crippen molar-refractivity contribution in [2.24, 2.45) is 0 Å². The number of nitrogens with zero attached hydrogens (tertiary/aromatic N) is 3. The van der Waals surface area contributed by atoms with Gasteiger partial charge in [0.2, 0.25) is 5.88 Å². The zero-order chi connectivity index (χ0) is 12.8. The van der Waals surface area contributed by atoms with Gasteiger partial charge in [-0.05, 0) is 34.9 Å². The van der Waals surface area contributed by atoms with Crippen molar-refractivity contribution < 1.29 is 4.74 Å². The Hall–Kier alpha value is -1.36. The van der Waals surface area contributed by atoms with Crippen LogP contribution in [0.15, 0.2) is 6.33 Å². The van der Waals surface area contributed by atoms with E-state index >= 15 is 0 Å². The number of likely N-dealkylation sites (N-methyl/N-ethyl adjacent to an activating group) is 1. The van der Waals surface area contributed by atoms with Crippen LogP contribution in [0.3, 0.4) is 0 Å². The molecule has 1 unspecified atom stereocenters. The Bertz CT molecular complexity index is 354. The van der Waals surface area contributed by atoms with Gasteiger partial charge in [-0.25, -0.2) is 9.97 Å². The van der Waals surface area contributed by atoms with E-state index in [1.807, 2.05) is 13.8 Å². The second-order valence-corrected chi connectivity index (χ2v) is 4.39. The van der Waals surface area contributed by atoms with Gasteiger partial charge < -0.3 is 15.0 Å². The quantitative estimate of drug-likeness (QED) is 0.815. The number of hydrogen-bond acceptors (Lipinski definition) is 5. The van der Waals surface area contributed by atoms with E-state index in [9.17, 15) is 0 Å². The van der Waals surface area contributed by atoms with E-state index in [0.717, 1.165) is 17.9 Å². The molecule has 1 atom stereocenters. The Morgan fingerprint density at radius 1 is 1.41 bits per heavy atom. The molecule has 5 nitrogen and oxygen atoms in total. The third kappa shape index (κ3) is 4.19. The number of nitrogens with one attached hydrogen (secondary N) is 1. The fourth-order valence-electron chi connectivity index (χ4n) is 1.69. The van der Waals surface area contributed by atoms with Crippen LogP contribution < -0.4 is 10.1 Å². The first-order valence-corrected chi connectivity index (χ1v) is 5.90. The van der Waals surface area contributed by atoms with Crippen molar-refractivity contribution in [3.05, 3.63) is 11.9 Å². The SMILES string of the molecule is CCOc1ncnc(NC(C)CN(C)C)c1C. The summed E-state index contributed by atoms with van der Waals surface area (Å²) in [6, 6.07) is 0.327. The van der Waals surface area contributed by atoms with Crippen molar-refractivity contribution in [1.29, 1.82) is 0 Å². The molecule has 0 radical (unpaired) electrons. The summed E-state index contributed by atoms with van der Waals surface area (Å²) in [4.78, 5) is 10.5. The average Bonchev–Trinajstić information content (AvgIpc) is 2.23. The average molecular weight is 238 g/mol. The third-order valence-corrected chi connectivity index (χ3v) is 2.34. The molecule has 1 aromatic rings. The van der Waals surface area contributed by atoms with E-state index in [1.54, 1.807) is 0 Å². The molecule has 1 N–H and O–H groups in total. The van der Waals surface area contributed by atoms with E-state index in [2.05, 4.69) is 41.2 Å². The number of aromatic nitrogens is 2. The molecule has 96 valence electrons. The van der Waals surface area contributed by atoms with E-state index < -0.39 is 0 Å². The molecular formula is C12H22N4O. The predicted octanol–water partition coefficient (Wildman–Crippen LogP) is 1.55. The highest BCUT2D eigenvalue weighted by Crippen LogP contribution is 2.20. The molecule has 0 fully saturated rings. The first kappa shape index (κ1) is 13.7. The Kier molecular flexibility index (Phi) is 5.15. The van der Waals surface area contributed by atoms with Crippen LogP contribution in [0.2, 0.25) is 0 Å². The van der Waals surface area contributed by atoms with Gasteiger partial charge in [0.25, 0.3) is 0 Å². The van der Waals surface area contributed by atoms with Crippen LogP contribution in [0.1, 0.15) is 19.4 Å². The summed E-state index contributed by atoms with van der Waals surface area (Å²) >= 11 is 0. The fraction of sp³-hybridized carbons (Fsp3) is 0.667. The molecule has 17 heavy (non-hydrogen) atoms. The van der Waals surface area contributed by atoms with Crippen LogP contribution in [-0.4, -0.2) is 48.2 Å². The molecule has 1 aromatic heterocycles. The molecule has 0 aromatic carbocycles. The number of hydrogen-bond donors (Lipinski definition) is 1. The van der Waals surface area contributed by atoms with Crippen molar-refractivity contribution >= 4 is 5.82 Å². The Balaban J connectivity index is 2.73. The highest BCUT2D eigenvalue weighted by Gasteiger charge is 2.10. The molecular weight excluding hydrogens is 216 g/mol. The Morgan fingerprint density at radius 2 is 2.12 bits per heavy atom. The third-order valence-electron chi connectivity index (χ3n) is 2.34. The standard InChI is InChI=1S/C12H22N4O/c1-6-17-12-10(3)11(13-8-14-12)15-9(2)7-16(4)5/h8-9H,6-7H2,1-5H3,(H,13,14,15). The van der Waals surface area contributed by atoms with Crippen LogP contribution in [-0.2, 0) is 0 Å². The van der Waals surface area contributed by atoms with Crippen molar-refractivity contribution in [2.75, 3.05) is 32.6 Å². The van der Waals surface area contributed by atoms with Gasteiger partial charge in [0.05, 0.1) is 12.2 Å². The van der Waals surface area contributed by atoms with Crippen LogP contribution in [0.4, 0.5) is 5.82 Å². The molecule has 0 aliphatic rings. The summed E-state index contributed by atoms with van der Waals surface area (Å²) in [5.74, 6) is 1.50. The molecule has 0 aliphatic carbocycles. The molecule has 0 aliphatic heterocycles. The number of anilines is 1. The Morgan fingerprint density at radius 3 is 2.71 bits per heavy atom. The minimum absolute atomic E-state index is 0.327. The van der Waals surface area contributed by atoms with Gasteiger partial charge in [0, 0.05) is 12.6 Å². The first-order chi connectivity index (χ1) is 8.04. The van der Waals surface area contributed by atoms with Gasteiger partial charge in [0.15, 0.2) is 0 Å². The van der Waals surface area contributed by atoms with Gasteiger partial charge in [-0.1, -0.05) is 0 Å². The van der Waals surface area contributed by atoms with E-state index in [4.69, 9.17) is 4.74 Å². The van der Waals surface area contributed by atoms with Crippen molar-refractivity contribution in [3.63, 3.8) is 0 Å². The Labute approximate surface area is 103 Å². The zero-order valence-electron chi connectivity index (χ0n) is 11.3. The van der Waals surface area contributed by atoms with E-state index in [-0.39, 0.29) is 0 Å². The summed E-state index contributed by atoms with van der Waals surface area (Å²) in [5.41, 5.74) is 0.958. The lowest BCUT2D eigenvalue weighted by Gasteiger charge is -2.20. The summed E-state index contributed by atoms with van der Waals surface area (Å²) in [7, 11) is 4.10. The maximum absolute atomic E-state index is 5.44. The minimum Gasteiger partial charge on any atom is -0.478 e. The van der Waals surface area contributed by atoms with Crippen molar-refractivity contribution in [2.45, 2.75) is 26.8 Å². The largest absolute Gasteiger partial charge is 0.478 e. The van der Waals surface area contributed by atoms with Crippen LogP contribution in [0, 0.1) is 6.92 Å². The second kappa shape index (κ2) is 6.39. The lowest BCUT2D eigenvalue weighted by molar-refractivity contribution is 0.323. The molecule has 1 rings (SSSR count). The van der Waals surface area contributed by atoms with Gasteiger partial charge in [-0.15, -0.1) is 0 Å². The highest BCUT2D eigenvalue weighted by atomic mass is 16.5. The normalized spacial score (nSPS) is 12.6. The summed E-state index contributed by atoms with van der Waals surface area (Å²) in [5, 5.41) is 3.37. The molecule has 0 bridgehead atoms. The number of rotatable bonds is 6. The lowest BCUT2D eigenvalue weighted by Crippen LogP contribution is -2.30. The van der Waals surface area contributed by atoms with E-state index in [1.165, 1.54) is 6.33 Å². The van der Waals surface area contributed by atoms with Gasteiger partial charge in [-0.2, -0.15) is 0 Å². The first-order valence-electron chi connectivity index (χ1n) is 5.90. The minimum atomic E-state index is 0.327. The van der Waals surface area contributed by atoms with Gasteiger partial charge in [0.1, 0.15) is 12.1 Å². The molecule has 0 saturated heterocycles. The summed E-state index contributed by atoms with van der Waals surface area (Å²) in [6.45, 7) is 7.61. The van der Waals surface area contributed by atoms with Crippen molar-refractivity contribution in [3.8, 4) is 5.88 Å². The predicted molar refractivity (Wildman–Crippen MR) is 69.6 cm³/mol. The molecule has 1 heterocycles. The topological polar surface area (TPSA) is 50.3 Å². The van der Waals surface area contributed by atoms with E-state index in [0.29, 0.717) is 18.5 Å². The zero-order valence-corrected chi connectivity index (χ0v) is 11.3. The van der Waals surface area contributed by atoms with Crippen molar-refractivity contribution in [1.82, 2.24) is 14.9 Å². The monoisotopic (exact) mass is 238 g/mol. The lowest BCUT2D eigenvalue weighted by atomic mass is 10.2. The summed E-state index contributed by atoms with van der Waals surface area (Å²) in [6.07, 6.45) is 1.53. The maximum Gasteiger partial charge on any atom is 0.221 e. The second-order valence-electron chi connectivity index (χ2n) is 4.39. The van der Waals surface area contributed by atoms with Crippen LogP contribution in [0.25, 0.3) is 0 Å². The van der Waals surface area contributed by atoms with Crippen LogP contribution >= 0.6 is 0 Å². The fourth-order valence-corrected chi connectivity index (χ4v) is 1.69. The molecule has 0 spiro atoms. The summed E-state index contributed by atoms with van der Waals surface area (Å²) < 4.78 is 5.44. The maximum atomic E-state index is 5.44. The smallest absolute Gasteiger partial charge is 0.221 e. The molecule has 0 saturated carbocycles. The molecule has 0 amide bonds. The molecule has 5 heteroatoms. The highest BCUT2D eigenvalue weighted by molar-refractivity contribution is 5.48. The van der Waals surface area contributed by atoms with Crippen LogP contribution in [0.5, 0.6) is 5.88 Å².